The number of piperazine rings is 1. The smallest absolute Gasteiger partial charge is 0.226 e. The lowest BCUT2D eigenvalue weighted by Crippen LogP contribution is -2.46. The molecule has 11 heteroatoms. The lowest BCUT2D eigenvalue weighted by atomic mass is 10.1. The second-order valence-electron chi connectivity index (χ2n) is 10.5. The number of hydrogen-bond donors (Lipinski definition) is 1. The Bertz CT molecular complexity index is 1990. The second kappa shape index (κ2) is 11.5. The number of anilines is 2. The molecule has 0 spiro atoms. The van der Waals surface area contributed by atoms with E-state index in [2.05, 4.69) is 55.1 Å². The zero-order valence-corrected chi connectivity index (χ0v) is 23.7. The van der Waals surface area contributed by atoms with Crippen LogP contribution in [-0.4, -0.2) is 60.6 Å². The number of nitrogens with zero attached hydrogens (tertiary/aromatic N) is 9. The molecular weight excluding hydrogens is 555 g/mol. The fourth-order valence-electron chi connectivity index (χ4n) is 5.45. The molecule has 5 heterocycles. The maximum atomic E-state index is 13.6. The molecule has 2 N–H and O–H groups in total. The summed E-state index contributed by atoms with van der Waals surface area (Å²) in [5.74, 6) is 1.32. The van der Waals surface area contributed by atoms with Gasteiger partial charge in [0.1, 0.15) is 28.9 Å². The van der Waals surface area contributed by atoms with Gasteiger partial charge in [-0.15, -0.1) is 0 Å². The molecule has 10 nitrogen and oxygen atoms in total. The molecule has 1 aliphatic heterocycles. The Hall–Kier alpha value is -5.73. The molecule has 0 atom stereocenters. The van der Waals surface area contributed by atoms with E-state index in [0.29, 0.717) is 45.7 Å². The van der Waals surface area contributed by atoms with Crippen molar-refractivity contribution in [1.82, 2.24) is 34.4 Å². The predicted molar refractivity (Wildman–Crippen MR) is 166 cm³/mol. The van der Waals surface area contributed by atoms with Gasteiger partial charge in [0.25, 0.3) is 0 Å². The lowest BCUT2D eigenvalue weighted by Gasteiger charge is -2.34. The number of nitrogens with two attached hydrogens (primary N) is 1. The third-order valence-corrected chi connectivity index (χ3v) is 7.74. The summed E-state index contributed by atoms with van der Waals surface area (Å²) >= 11 is 0. The largest absolute Gasteiger partial charge is 0.383 e. The van der Waals surface area contributed by atoms with Crippen molar-refractivity contribution in [1.29, 1.82) is 5.26 Å². The highest BCUT2D eigenvalue weighted by Gasteiger charge is 2.21. The Morgan fingerprint density at radius 3 is 2.36 bits per heavy atom. The summed E-state index contributed by atoms with van der Waals surface area (Å²) in [6, 6.07) is 25.9. The molecular formula is C33H27FN10. The fraction of sp³-hybridized carbons (Fsp3) is 0.152. The number of hydrogen-bond acceptors (Lipinski definition) is 9. The first-order chi connectivity index (χ1) is 21.6. The summed E-state index contributed by atoms with van der Waals surface area (Å²) in [4.78, 5) is 27.3. The fourth-order valence-corrected chi connectivity index (χ4v) is 5.45. The van der Waals surface area contributed by atoms with Crippen LogP contribution in [0.15, 0.2) is 91.3 Å². The number of halogens is 1. The van der Waals surface area contributed by atoms with E-state index in [4.69, 9.17) is 21.0 Å². The van der Waals surface area contributed by atoms with Gasteiger partial charge in [-0.2, -0.15) is 5.26 Å². The van der Waals surface area contributed by atoms with Gasteiger partial charge in [-0.05, 0) is 72.3 Å². The van der Waals surface area contributed by atoms with E-state index in [1.807, 2.05) is 28.8 Å². The van der Waals surface area contributed by atoms with Crippen molar-refractivity contribution < 1.29 is 4.39 Å². The SMILES string of the molecule is N#Cc1ccnc(N2CCN(Cc3ccc(-n4c(-c5cccnc5N)nc5ccc(-c6ccc(F)cc6)nc54)cc3)CC2)n1. The van der Waals surface area contributed by atoms with Gasteiger partial charge >= 0.3 is 0 Å². The van der Waals surface area contributed by atoms with E-state index >= 15 is 0 Å². The average molecular weight is 583 g/mol. The Balaban J connectivity index is 1.17. The molecule has 0 saturated carbocycles. The van der Waals surface area contributed by atoms with Crippen LogP contribution in [0.1, 0.15) is 11.3 Å². The maximum absolute atomic E-state index is 13.6. The Labute approximate surface area is 252 Å². The topological polar surface area (TPSA) is 126 Å². The van der Waals surface area contributed by atoms with Gasteiger partial charge in [-0.1, -0.05) is 12.1 Å². The highest BCUT2D eigenvalue weighted by Crippen LogP contribution is 2.32. The standard InChI is InChI=1S/C33H27FN10/c34-24-7-5-23(6-8-24)28-11-12-29-32(40-28)44(31(41-29)27-2-1-14-37-30(27)36)26-9-3-22(4-10-26)21-42-16-18-43(19-17-42)33-38-15-13-25(20-35)39-33/h1-15H,16-19,21H2,(H2,36,37). The van der Waals surface area contributed by atoms with Crippen LogP contribution in [0.2, 0.25) is 0 Å². The van der Waals surface area contributed by atoms with Gasteiger partial charge in [0.2, 0.25) is 5.95 Å². The monoisotopic (exact) mass is 582 g/mol. The Morgan fingerprint density at radius 2 is 1.61 bits per heavy atom. The summed E-state index contributed by atoms with van der Waals surface area (Å²) in [6.07, 6.45) is 3.28. The third kappa shape index (κ3) is 5.30. The van der Waals surface area contributed by atoms with Crippen molar-refractivity contribution in [2.45, 2.75) is 6.54 Å². The highest BCUT2D eigenvalue weighted by molar-refractivity contribution is 5.84. The van der Waals surface area contributed by atoms with E-state index in [0.717, 1.165) is 44.0 Å². The average Bonchev–Trinajstić information content (AvgIpc) is 3.44. The van der Waals surface area contributed by atoms with Crippen LogP contribution < -0.4 is 10.6 Å². The van der Waals surface area contributed by atoms with Crippen molar-refractivity contribution in [2.75, 3.05) is 36.8 Å². The zero-order chi connectivity index (χ0) is 30.0. The molecule has 216 valence electrons. The van der Waals surface area contributed by atoms with Crippen molar-refractivity contribution in [3.05, 3.63) is 108 Å². The number of nitrogen functional groups attached to an aromatic ring is 1. The molecule has 0 radical (unpaired) electrons. The number of imidazole rings is 1. The molecule has 44 heavy (non-hydrogen) atoms. The van der Waals surface area contributed by atoms with Crippen LogP contribution in [0, 0.1) is 17.1 Å². The van der Waals surface area contributed by atoms with Crippen LogP contribution >= 0.6 is 0 Å². The van der Waals surface area contributed by atoms with Crippen LogP contribution in [0.3, 0.4) is 0 Å². The number of fused-ring (bicyclic) bond motifs is 1. The van der Waals surface area contributed by atoms with Gasteiger partial charge in [0.05, 0.1) is 11.3 Å². The molecule has 0 aliphatic carbocycles. The predicted octanol–water partition coefficient (Wildman–Crippen LogP) is 4.85. The first-order valence-corrected chi connectivity index (χ1v) is 14.2. The quantitative estimate of drug-likeness (QED) is 0.293. The number of pyridine rings is 2. The maximum Gasteiger partial charge on any atom is 0.226 e. The van der Waals surface area contributed by atoms with E-state index in [9.17, 15) is 4.39 Å². The van der Waals surface area contributed by atoms with E-state index in [-0.39, 0.29) is 5.82 Å². The number of benzene rings is 2. The highest BCUT2D eigenvalue weighted by atomic mass is 19.1. The molecule has 6 aromatic rings. The minimum Gasteiger partial charge on any atom is -0.383 e. The summed E-state index contributed by atoms with van der Waals surface area (Å²) in [5, 5.41) is 9.16. The van der Waals surface area contributed by atoms with Crippen molar-refractivity contribution in [3.8, 4) is 34.4 Å². The minimum absolute atomic E-state index is 0.296. The number of rotatable bonds is 6. The van der Waals surface area contributed by atoms with E-state index in [1.165, 1.54) is 17.7 Å². The first kappa shape index (κ1) is 27.1. The van der Waals surface area contributed by atoms with Crippen LogP contribution in [0.25, 0.3) is 39.5 Å². The Morgan fingerprint density at radius 1 is 0.818 bits per heavy atom. The van der Waals surface area contributed by atoms with E-state index < -0.39 is 0 Å². The summed E-state index contributed by atoms with van der Waals surface area (Å²) < 4.78 is 15.6. The van der Waals surface area contributed by atoms with Gasteiger partial charge in [-0.3, -0.25) is 9.47 Å². The molecule has 4 aromatic heterocycles. The van der Waals surface area contributed by atoms with E-state index in [1.54, 1.807) is 30.6 Å². The van der Waals surface area contributed by atoms with Gasteiger partial charge in [0.15, 0.2) is 11.5 Å². The van der Waals surface area contributed by atoms with Gasteiger partial charge < -0.3 is 10.6 Å². The molecule has 2 aromatic carbocycles. The normalized spacial score (nSPS) is 13.7. The van der Waals surface area contributed by atoms with Crippen LogP contribution in [0.5, 0.6) is 0 Å². The van der Waals surface area contributed by atoms with Crippen LogP contribution in [-0.2, 0) is 6.54 Å². The molecule has 1 saturated heterocycles. The van der Waals surface area contributed by atoms with Crippen molar-refractivity contribution in [2.24, 2.45) is 0 Å². The summed E-state index contributed by atoms with van der Waals surface area (Å²) in [7, 11) is 0. The molecule has 1 aliphatic rings. The zero-order valence-electron chi connectivity index (χ0n) is 23.7. The molecule has 0 unspecified atom stereocenters. The summed E-state index contributed by atoms with van der Waals surface area (Å²) in [5.41, 5.74) is 12.3. The van der Waals surface area contributed by atoms with Gasteiger partial charge in [-0.25, -0.2) is 29.3 Å². The first-order valence-electron chi connectivity index (χ1n) is 14.2. The second-order valence-corrected chi connectivity index (χ2v) is 10.5. The minimum atomic E-state index is -0.296. The van der Waals surface area contributed by atoms with Crippen molar-refractivity contribution in [3.63, 3.8) is 0 Å². The van der Waals surface area contributed by atoms with Crippen molar-refractivity contribution >= 4 is 22.9 Å². The number of nitriles is 1. The molecule has 1 fully saturated rings. The van der Waals surface area contributed by atoms with Crippen LogP contribution in [0.4, 0.5) is 16.2 Å². The van der Waals surface area contributed by atoms with Gasteiger partial charge in [0, 0.05) is 56.4 Å². The molecule has 0 amide bonds. The number of aromatic nitrogens is 6. The Kier molecular flexibility index (Phi) is 7.09. The third-order valence-electron chi connectivity index (χ3n) is 7.74. The lowest BCUT2D eigenvalue weighted by molar-refractivity contribution is 0.248. The molecule has 0 bridgehead atoms. The summed E-state index contributed by atoms with van der Waals surface area (Å²) in [6.45, 7) is 4.08. The molecule has 7 rings (SSSR count).